The van der Waals surface area contributed by atoms with E-state index in [1.54, 1.807) is 0 Å². The third-order valence-electron chi connectivity index (χ3n) is 3.82. The van der Waals surface area contributed by atoms with E-state index in [9.17, 15) is 0 Å². The van der Waals surface area contributed by atoms with Crippen LogP contribution in [0.5, 0.6) is 0 Å². The number of hydrogen-bond acceptors (Lipinski definition) is 1. The lowest BCUT2D eigenvalue weighted by Crippen LogP contribution is -2.23. The molecule has 1 N–H and O–H groups in total. The van der Waals surface area contributed by atoms with Gasteiger partial charge in [-0.25, -0.2) is 0 Å². The van der Waals surface area contributed by atoms with Gasteiger partial charge < -0.3 is 5.32 Å². The van der Waals surface area contributed by atoms with E-state index >= 15 is 0 Å². The highest BCUT2D eigenvalue weighted by molar-refractivity contribution is 6.42. The fraction of sp³-hybridized carbons (Fsp3) is 0.571. The molecule has 1 aliphatic carbocycles. The largest absolute Gasteiger partial charge is 0.313 e. The van der Waals surface area contributed by atoms with Crippen LogP contribution in [0, 0.1) is 11.8 Å². The van der Waals surface area contributed by atoms with Gasteiger partial charge in [0.1, 0.15) is 0 Å². The van der Waals surface area contributed by atoms with Gasteiger partial charge in [0.15, 0.2) is 0 Å². The number of halogens is 2. The summed E-state index contributed by atoms with van der Waals surface area (Å²) < 4.78 is 0. The zero-order chi connectivity index (χ0) is 12.4. The summed E-state index contributed by atoms with van der Waals surface area (Å²) in [6.07, 6.45) is 3.93. The van der Waals surface area contributed by atoms with Crippen molar-refractivity contribution in [2.75, 3.05) is 7.05 Å². The Kier molecular flexibility index (Phi) is 4.35. The number of nitrogens with one attached hydrogen (secondary N) is 1. The molecule has 1 aromatic rings. The Bertz CT molecular complexity index is 392. The van der Waals surface area contributed by atoms with Crippen LogP contribution in [0.1, 0.15) is 37.8 Å². The molecule has 1 saturated carbocycles. The molecule has 1 nitrogen and oxygen atoms in total. The highest BCUT2D eigenvalue weighted by atomic mass is 35.5. The Hall–Kier alpha value is -0.240. The molecule has 1 aliphatic rings. The molecule has 0 heterocycles. The smallest absolute Gasteiger partial charge is 0.0595 e. The Morgan fingerprint density at radius 2 is 2.00 bits per heavy atom. The third-order valence-corrected chi connectivity index (χ3v) is 4.56. The molecule has 3 heteroatoms. The van der Waals surface area contributed by atoms with E-state index in [-0.39, 0.29) is 0 Å². The fourth-order valence-corrected chi connectivity index (χ4v) is 3.24. The normalized spacial score (nSPS) is 26.1. The first-order valence-corrected chi connectivity index (χ1v) is 6.99. The number of hydrogen-bond donors (Lipinski definition) is 1. The van der Waals surface area contributed by atoms with E-state index in [0.717, 1.165) is 5.92 Å². The summed E-state index contributed by atoms with van der Waals surface area (Å²) in [4.78, 5) is 0. The molecule has 3 unspecified atom stereocenters. The summed E-state index contributed by atoms with van der Waals surface area (Å²) in [5.74, 6) is 1.56. The van der Waals surface area contributed by atoms with Crippen LogP contribution in [0.15, 0.2) is 18.2 Å². The van der Waals surface area contributed by atoms with Crippen molar-refractivity contribution in [1.29, 1.82) is 0 Å². The maximum absolute atomic E-state index is 6.09. The van der Waals surface area contributed by atoms with Crippen molar-refractivity contribution in [3.05, 3.63) is 33.8 Å². The summed E-state index contributed by atoms with van der Waals surface area (Å²) in [6, 6.07) is 6.36. The number of rotatable bonds is 3. The van der Waals surface area contributed by atoms with Crippen LogP contribution in [-0.4, -0.2) is 7.05 Å². The molecule has 0 amide bonds. The average Bonchev–Trinajstić information content (AvgIpc) is 2.71. The highest BCUT2D eigenvalue weighted by Crippen LogP contribution is 2.39. The monoisotopic (exact) mass is 271 g/mol. The van der Waals surface area contributed by atoms with Crippen molar-refractivity contribution in [3.63, 3.8) is 0 Å². The molecule has 0 saturated heterocycles. The molecule has 0 bridgehead atoms. The van der Waals surface area contributed by atoms with Gasteiger partial charge >= 0.3 is 0 Å². The summed E-state index contributed by atoms with van der Waals surface area (Å²) in [7, 11) is 2.02. The van der Waals surface area contributed by atoms with Crippen molar-refractivity contribution >= 4 is 23.2 Å². The van der Waals surface area contributed by atoms with E-state index in [0.29, 0.717) is 22.0 Å². The van der Waals surface area contributed by atoms with Crippen LogP contribution < -0.4 is 5.32 Å². The van der Waals surface area contributed by atoms with Crippen molar-refractivity contribution in [3.8, 4) is 0 Å². The van der Waals surface area contributed by atoms with Crippen LogP contribution >= 0.6 is 23.2 Å². The van der Waals surface area contributed by atoms with Crippen LogP contribution in [0.4, 0.5) is 0 Å². The van der Waals surface area contributed by atoms with Gasteiger partial charge in [0.25, 0.3) is 0 Å². The summed E-state index contributed by atoms with van der Waals surface area (Å²) in [5, 5.41) is 4.70. The zero-order valence-corrected chi connectivity index (χ0v) is 11.9. The Morgan fingerprint density at radius 1 is 1.24 bits per heavy atom. The summed E-state index contributed by atoms with van der Waals surface area (Å²) in [5.41, 5.74) is 1.25. The minimum absolute atomic E-state index is 0.398. The first-order chi connectivity index (χ1) is 8.11. The fourth-order valence-electron chi connectivity index (χ4n) is 2.93. The van der Waals surface area contributed by atoms with Gasteiger partial charge in [0.2, 0.25) is 0 Å². The predicted octanol–water partition coefficient (Wildman–Crippen LogP) is 4.69. The molecule has 0 aromatic heterocycles. The van der Waals surface area contributed by atoms with Gasteiger partial charge in [-0.1, -0.05) is 42.6 Å². The lowest BCUT2D eigenvalue weighted by Gasteiger charge is -2.24. The molecule has 0 aliphatic heterocycles. The van der Waals surface area contributed by atoms with Crippen LogP contribution in [0.2, 0.25) is 10.0 Å². The average molecular weight is 272 g/mol. The molecule has 94 valence electrons. The zero-order valence-electron chi connectivity index (χ0n) is 10.3. The first-order valence-electron chi connectivity index (χ1n) is 6.24. The predicted molar refractivity (Wildman–Crippen MR) is 74.8 cm³/mol. The standard InChI is InChI=1S/C14H19Cl2N/c1-9-3-4-10(7-9)14(17-2)11-5-6-12(15)13(16)8-11/h5-6,8-10,14,17H,3-4,7H2,1-2H3. The van der Waals surface area contributed by atoms with Gasteiger partial charge in [-0.2, -0.15) is 0 Å². The SMILES string of the molecule is CNC(c1ccc(Cl)c(Cl)c1)C1CCC(C)C1. The Balaban J connectivity index is 2.20. The van der Waals surface area contributed by atoms with Crippen molar-refractivity contribution in [2.45, 2.75) is 32.2 Å². The molecular weight excluding hydrogens is 253 g/mol. The molecule has 0 spiro atoms. The second-order valence-corrected chi connectivity index (χ2v) is 5.93. The highest BCUT2D eigenvalue weighted by Gasteiger charge is 2.29. The molecule has 1 fully saturated rings. The Labute approximate surface area is 114 Å². The van der Waals surface area contributed by atoms with Crippen molar-refractivity contribution in [1.82, 2.24) is 5.32 Å². The first kappa shape index (κ1) is 13.2. The van der Waals surface area contributed by atoms with Gasteiger partial charge in [-0.05, 0) is 49.4 Å². The second kappa shape index (κ2) is 5.60. The minimum Gasteiger partial charge on any atom is -0.313 e. The maximum Gasteiger partial charge on any atom is 0.0595 e. The van der Waals surface area contributed by atoms with Crippen LogP contribution in [-0.2, 0) is 0 Å². The van der Waals surface area contributed by atoms with Crippen LogP contribution in [0.3, 0.4) is 0 Å². The summed E-state index contributed by atoms with van der Waals surface area (Å²) in [6.45, 7) is 2.33. The second-order valence-electron chi connectivity index (χ2n) is 5.12. The van der Waals surface area contributed by atoms with Gasteiger partial charge in [0.05, 0.1) is 10.0 Å². The Morgan fingerprint density at radius 3 is 2.53 bits per heavy atom. The molecule has 0 radical (unpaired) electrons. The van der Waals surface area contributed by atoms with E-state index in [2.05, 4.69) is 18.3 Å². The van der Waals surface area contributed by atoms with Crippen LogP contribution in [0.25, 0.3) is 0 Å². The van der Waals surface area contributed by atoms with E-state index in [1.165, 1.54) is 24.8 Å². The molecular formula is C14H19Cl2N. The quantitative estimate of drug-likeness (QED) is 0.841. The van der Waals surface area contributed by atoms with E-state index < -0.39 is 0 Å². The van der Waals surface area contributed by atoms with Gasteiger partial charge in [-0.15, -0.1) is 0 Å². The summed E-state index contributed by atoms with van der Waals surface area (Å²) >= 11 is 12.0. The topological polar surface area (TPSA) is 12.0 Å². The van der Waals surface area contributed by atoms with Crippen molar-refractivity contribution < 1.29 is 0 Å². The molecule has 1 aromatic carbocycles. The lowest BCUT2D eigenvalue weighted by atomic mass is 9.91. The van der Waals surface area contributed by atoms with Gasteiger partial charge in [0, 0.05) is 6.04 Å². The third kappa shape index (κ3) is 2.96. The van der Waals surface area contributed by atoms with E-state index in [4.69, 9.17) is 23.2 Å². The van der Waals surface area contributed by atoms with E-state index in [1.807, 2.05) is 19.2 Å². The maximum atomic E-state index is 6.09. The minimum atomic E-state index is 0.398. The molecule has 17 heavy (non-hydrogen) atoms. The number of benzene rings is 1. The lowest BCUT2D eigenvalue weighted by molar-refractivity contribution is 0.379. The molecule has 3 atom stereocenters. The molecule has 2 rings (SSSR count). The van der Waals surface area contributed by atoms with Gasteiger partial charge in [-0.3, -0.25) is 0 Å². The van der Waals surface area contributed by atoms with Crippen molar-refractivity contribution in [2.24, 2.45) is 11.8 Å².